The number of urea groups is 1. The van der Waals surface area contributed by atoms with Gasteiger partial charge in [0.15, 0.2) is 0 Å². The Hall–Kier alpha value is -2.37. The summed E-state index contributed by atoms with van der Waals surface area (Å²) in [6.07, 6.45) is 8.01. The van der Waals surface area contributed by atoms with Gasteiger partial charge in [-0.1, -0.05) is 12.1 Å². The van der Waals surface area contributed by atoms with E-state index in [0.717, 1.165) is 23.3 Å². The highest BCUT2D eigenvalue weighted by Gasteiger charge is 2.53. The summed E-state index contributed by atoms with van der Waals surface area (Å²) < 4.78 is 0. The molecule has 1 aliphatic heterocycles. The summed E-state index contributed by atoms with van der Waals surface area (Å²) in [5.41, 5.74) is 1.75. The monoisotopic (exact) mass is 395 g/mol. The number of hydrogen-bond donors (Lipinski definition) is 2. The van der Waals surface area contributed by atoms with Crippen molar-refractivity contribution in [2.75, 3.05) is 6.54 Å². The summed E-state index contributed by atoms with van der Waals surface area (Å²) in [6, 6.07) is 7.05. The largest absolute Gasteiger partial charge is 0.349 e. The van der Waals surface area contributed by atoms with Crippen molar-refractivity contribution in [1.82, 2.24) is 15.5 Å². The fraction of sp³-hybridized carbons (Fsp3) is 0.609. The Labute approximate surface area is 171 Å². The van der Waals surface area contributed by atoms with Crippen LogP contribution in [-0.2, 0) is 11.3 Å². The highest BCUT2D eigenvalue weighted by atomic mass is 16.2. The number of amides is 4. The first-order valence-corrected chi connectivity index (χ1v) is 10.9. The van der Waals surface area contributed by atoms with E-state index in [1.807, 2.05) is 12.1 Å². The van der Waals surface area contributed by atoms with E-state index in [4.69, 9.17) is 0 Å². The SMILES string of the molecule is C[C@H](NC(=O)c1ccc(CN2C(=O)CNC2=O)cc1)C12CC3CC(CC(C3)C1)C2. The molecule has 4 saturated carbocycles. The predicted octanol–water partition coefficient (Wildman–Crippen LogP) is 3.07. The van der Waals surface area contributed by atoms with E-state index < -0.39 is 0 Å². The Morgan fingerprint density at radius 2 is 1.69 bits per heavy atom. The van der Waals surface area contributed by atoms with E-state index in [1.54, 1.807) is 12.1 Å². The number of benzene rings is 1. The van der Waals surface area contributed by atoms with Crippen molar-refractivity contribution in [1.29, 1.82) is 0 Å². The van der Waals surface area contributed by atoms with Crippen LogP contribution < -0.4 is 10.6 Å². The number of nitrogens with one attached hydrogen (secondary N) is 2. The molecule has 1 saturated heterocycles. The third-order valence-corrected chi connectivity index (χ3v) is 7.85. The van der Waals surface area contributed by atoms with Crippen molar-refractivity contribution < 1.29 is 14.4 Å². The van der Waals surface area contributed by atoms with Crippen LogP contribution in [-0.4, -0.2) is 35.3 Å². The normalized spacial score (nSPS) is 33.7. The second-order valence-corrected chi connectivity index (χ2v) is 9.81. The van der Waals surface area contributed by atoms with Crippen molar-refractivity contribution in [3.63, 3.8) is 0 Å². The fourth-order valence-corrected chi connectivity index (χ4v) is 6.70. The van der Waals surface area contributed by atoms with Crippen LogP contribution in [0, 0.1) is 23.2 Å². The van der Waals surface area contributed by atoms with Gasteiger partial charge < -0.3 is 10.6 Å². The molecule has 0 unspecified atom stereocenters. The van der Waals surface area contributed by atoms with Crippen LogP contribution in [0.4, 0.5) is 4.79 Å². The van der Waals surface area contributed by atoms with Crippen LogP contribution in [0.5, 0.6) is 0 Å². The molecule has 154 valence electrons. The van der Waals surface area contributed by atoms with Crippen molar-refractivity contribution in [2.45, 2.75) is 58.0 Å². The van der Waals surface area contributed by atoms with Crippen LogP contribution in [0.1, 0.15) is 61.4 Å². The van der Waals surface area contributed by atoms with Crippen molar-refractivity contribution >= 4 is 17.8 Å². The fourth-order valence-electron chi connectivity index (χ4n) is 6.70. The zero-order valence-electron chi connectivity index (χ0n) is 16.9. The number of hydrogen-bond acceptors (Lipinski definition) is 3. The molecule has 5 aliphatic rings. The van der Waals surface area contributed by atoms with Gasteiger partial charge in [0.05, 0.1) is 13.1 Å². The van der Waals surface area contributed by atoms with E-state index in [9.17, 15) is 14.4 Å². The zero-order valence-corrected chi connectivity index (χ0v) is 16.9. The first-order valence-electron chi connectivity index (χ1n) is 10.9. The third kappa shape index (κ3) is 3.32. The summed E-state index contributed by atoms with van der Waals surface area (Å²) >= 11 is 0. The molecular weight excluding hydrogens is 366 g/mol. The standard InChI is InChI=1S/C23H29N3O3/c1-14(23-9-16-6-17(10-23)8-18(7-16)11-23)25-21(28)19-4-2-15(3-5-19)13-26-20(27)12-24-22(26)29/h2-5,14,16-18H,6-13H2,1H3,(H,24,29)(H,25,28)/t14-,16?,17?,18?,23?/m0/s1. The Balaban J connectivity index is 1.23. The molecule has 29 heavy (non-hydrogen) atoms. The van der Waals surface area contributed by atoms with Gasteiger partial charge in [-0.15, -0.1) is 0 Å². The lowest BCUT2D eigenvalue weighted by Crippen LogP contribution is -2.55. The molecule has 0 spiro atoms. The van der Waals surface area contributed by atoms with E-state index >= 15 is 0 Å². The van der Waals surface area contributed by atoms with Crippen molar-refractivity contribution in [3.8, 4) is 0 Å². The molecule has 4 amide bonds. The van der Waals surface area contributed by atoms with Crippen LogP contribution in [0.25, 0.3) is 0 Å². The minimum atomic E-state index is -0.360. The molecule has 1 heterocycles. The Morgan fingerprint density at radius 3 is 2.21 bits per heavy atom. The molecule has 6 rings (SSSR count). The maximum atomic E-state index is 12.9. The average Bonchev–Trinajstić information content (AvgIpc) is 2.99. The van der Waals surface area contributed by atoms with Gasteiger partial charge >= 0.3 is 6.03 Å². The second-order valence-electron chi connectivity index (χ2n) is 9.81. The number of nitrogens with zero attached hydrogens (tertiary/aromatic N) is 1. The summed E-state index contributed by atoms with van der Waals surface area (Å²) in [5.74, 6) is 2.34. The molecular formula is C23H29N3O3. The highest BCUT2D eigenvalue weighted by Crippen LogP contribution is 2.61. The summed E-state index contributed by atoms with van der Waals surface area (Å²) in [5, 5.41) is 5.81. The summed E-state index contributed by atoms with van der Waals surface area (Å²) in [7, 11) is 0. The molecule has 2 N–H and O–H groups in total. The molecule has 6 nitrogen and oxygen atoms in total. The van der Waals surface area contributed by atoms with Crippen LogP contribution in [0.2, 0.25) is 0 Å². The van der Waals surface area contributed by atoms with Gasteiger partial charge in [0.25, 0.3) is 5.91 Å². The van der Waals surface area contributed by atoms with Crippen LogP contribution >= 0.6 is 0 Å². The first kappa shape index (κ1) is 18.6. The molecule has 6 heteroatoms. The van der Waals surface area contributed by atoms with Crippen molar-refractivity contribution in [3.05, 3.63) is 35.4 Å². The third-order valence-electron chi connectivity index (χ3n) is 7.85. The van der Waals surface area contributed by atoms with E-state index in [1.165, 1.54) is 43.4 Å². The average molecular weight is 396 g/mol. The lowest BCUT2D eigenvalue weighted by Gasteiger charge is -2.59. The molecule has 0 radical (unpaired) electrons. The lowest BCUT2D eigenvalue weighted by molar-refractivity contribution is -0.125. The summed E-state index contributed by atoms with van der Waals surface area (Å²) in [4.78, 5) is 37.5. The molecule has 0 aromatic heterocycles. The Bertz CT molecular complexity index is 796. The first-order chi connectivity index (χ1) is 13.9. The van der Waals surface area contributed by atoms with E-state index in [2.05, 4.69) is 17.6 Å². The smallest absolute Gasteiger partial charge is 0.324 e. The molecule has 1 aromatic rings. The maximum Gasteiger partial charge on any atom is 0.324 e. The Morgan fingerprint density at radius 1 is 1.10 bits per heavy atom. The van der Waals surface area contributed by atoms with Crippen LogP contribution in [0.3, 0.4) is 0 Å². The number of carbonyl (C=O) groups excluding carboxylic acids is 3. The highest BCUT2D eigenvalue weighted by molar-refractivity contribution is 6.01. The summed E-state index contributed by atoms with van der Waals surface area (Å²) in [6.45, 7) is 2.48. The molecule has 4 aliphatic carbocycles. The maximum absolute atomic E-state index is 12.9. The Kier molecular flexibility index (Phi) is 4.41. The van der Waals surface area contributed by atoms with Gasteiger partial charge in [-0.05, 0) is 86.3 Å². The van der Waals surface area contributed by atoms with Gasteiger partial charge in [0, 0.05) is 11.6 Å². The van der Waals surface area contributed by atoms with E-state index in [-0.39, 0.29) is 42.4 Å². The lowest BCUT2D eigenvalue weighted by atomic mass is 9.48. The van der Waals surface area contributed by atoms with Crippen molar-refractivity contribution in [2.24, 2.45) is 23.2 Å². The zero-order chi connectivity index (χ0) is 20.2. The second kappa shape index (κ2) is 6.85. The molecule has 1 aromatic carbocycles. The number of carbonyl (C=O) groups is 3. The van der Waals surface area contributed by atoms with Gasteiger partial charge in [-0.3, -0.25) is 14.5 Å². The van der Waals surface area contributed by atoms with Crippen LogP contribution in [0.15, 0.2) is 24.3 Å². The molecule has 5 fully saturated rings. The van der Waals surface area contributed by atoms with E-state index in [0.29, 0.717) is 5.56 Å². The van der Waals surface area contributed by atoms with Gasteiger partial charge in [-0.25, -0.2) is 4.79 Å². The van der Waals surface area contributed by atoms with Gasteiger partial charge in [0.2, 0.25) is 5.91 Å². The molecule has 4 bridgehead atoms. The predicted molar refractivity (Wildman–Crippen MR) is 108 cm³/mol. The number of imide groups is 1. The minimum absolute atomic E-state index is 0.0326. The van der Waals surface area contributed by atoms with Gasteiger partial charge in [0.1, 0.15) is 0 Å². The molecule has 1 atom stereocenters. The van der Waals surface area contributed by atoms with Gasteiger partial charge in [-0.2, -0.15) is 0 Å². The topological polar surface area (TPSA) is 78.5 Å². The number of rotatable bonds is 5. The quantitative estimate of drug-likeness (QED) is 0.752. The minimum Gasteiger partial charge on any atom is -0.349 e.